The Morgan fingerprint density at radius 3 is 0.954 bits per heavy atom. The second-order valence-corrected chi connectivity index (χ2v) is 41.5. The van der Waals surface area contributed by atoms with Gasteiger partial charge in [-0.1, -0.05) is 304 Å². The van der Waals surface area contributed by atoms with Gasteiger partial charge in [0.1, 0.15) is 44.7 Å². The Morgan fingerprint density at radius 2 is 0.554 bits per heavy atom. The molecule has 0 radical (unpaired) electrons. The number of anilines is 6. The fourth-order valence-corrected chi connectivity index (χ4v) is 21.4. The minimum atomic E-state index is -0.468. The molecule has 24 rings (SSSR count). The molecule has 630 valence electrons. The first-order valence-electron chi connectivity index (χ1n) is 45.9. The van der Waals surface area contributed by atoms with Crippen molar-refractivity contribution in [1.29, 1.82) is 0 Å². The number of hydrogen-bond acceptors (Lipinski definition) is 6. The quantitative estimate of drug-likeness (QED) is 0.134. The van der Waals surface area contributed by atoms with E-state index in [9.17, 15) is 0 Å². The summed E-state index contributed by atoms with van der Waals surface area (Å²) in [4.78, 5) is 5.50. The molecule has 8 heteroatoms. The van der Waals surface area contributed by atoms with Crippen molar-refractivity contribution in [2.75, 3.05) is 9.80 Å². The maximum Gasteiger partial charge on any atom is 0.252 e. The number of para-hydroxylation sites is 4. The minimum Gasteiger partial charge on any atom is -0.456 e. The van der Waals surface area contributed by atoms with Crippen molar-refractivity contribution in [3.05, 3.63) is 361 Å². The van der Waals surface area contributed by atoms with Gasteiger partial charge >= 0.3 is 0 Å². The van der Waals surface area contributed by atoms with Crippen LogP contribution in [0.25, 0.3) is 182 Å². The summed E-state index contributed by atoms with van der Waals surface area (Å²) in [6.45, 7) is 35.0. The number of benzene rings is 17. The van der Waals surface area contributed by atoms with Gasteiger partial charge in [-0.3, -0.25) is 0 Å². The third kappa shape index (κ3) is 12.3. The molecule has 0 amide bonds. The molecular weight excluding hydrogens is 1580 g/mol. The molecule has 0 unspecified atom stereocenters. The van der Waals surface area contributed by atoms with E-state index in [2.05, 4.69) is 452 Å². The maximum absolute atomic E-state index is 7.11. The van der Waals surface area contributed by atoms with E-state index in [-0.39, 0.29) is 21.7 Å². The van der Waals surface area contributed by atoms with Crippen LogP contribution in [0.1, 0.15) is 132 Å². The van der Waals surface area contributed by atoms with Crippen molar-refractivity contribution in [2.45, 2.75) is 131 Å². The number of aromatic nitrogens is 1. The predicted molar refractivity (Wildman–Crippen MR) is 550 cm³/mol. The fraction of sp³-hybridized carbons (Fsp3) is 0.164. The highest BCUT2D eigenvalue weighted by atomic mass is 16.3. The number of furan rings is 4. The lowest BCUT2D eigenvalue weighted by Crippen LogP contribution is -2.61. The van der Waals surface area contributed by atoms with Crippen molar-refractivity contribution < 1.29 is 17.7 Å². The first kappa shape index (κ1) is 78.9. The number of fused-ring (bicyclic) bond motifs is 19. The van der Waals surface area contributed by atoms with Gasteiger partial charge in [0, 0.05) is 105 Å². The lowest BCUT2D eigenvalue weighted by atomic mass is 9.33. The van der Waals surface area contributed by atoms with Crippen LogP contribution >= 0.6 is 0 Å². The molecule has 0 aliphatic carbocycles. The highest BCUT2D eigenvalue weighted by molar-refractivity contribution is 7.00. The van der Waals surface area contributed by atoms with Crippen molar-refractivity contribution in [3.63, 3.8) is 0 Å². The normalized spacial score (nSPS) is 13.3. The minimum absolute atomic E-state index is 0.117. The van der Waals surface area contributed by atoms with Gasteiger partial charge in [-0.15, -0.1) is 0 Å². The molecule has 22 aromatic rings. The predicted octanol–water partition coefficient (Wildman–Crippen LogP) is 33.0. The van der Waals surface area contributed by atoms with Crippen LogP contribution in [0.4, 0.5) is 34.1 Å². The standard InChI is InChI=1S/C122H100BN3O4/c1-118(2,3)75-53-58-97-89(62-75)90-63-76(119(4,5)6)54-59-98(90)124(97)80-55-56-95-100(70-80)126(117-93(83-42-30-50-109-113(83)87-38-21-25-46-105(87)129-109)66-78(121(10,11)12)67-94(117)84-43-31-51-110-114(84)88-39-22-26-47-106(88)130-110)102-69-79(122(13,14)15)68-101-115(102)123(95)96-61-74(73-35-27-34-72(60-73)71-32-17-16-18-33-71)52-57-99(96)125(101)116-91(81-40-28-48-107-111(81)85-36-19-23-44-103(85)127-107)64-77(120(7,8)9)65-92(116)82-41-29-49-108-112(82)86-37-20-24-45-104(86)128-108/h16-70H,1-15H3. The summed E-state index contributed by atoms with van der Waals surface area (Å²) in [7, 11) is 0. The molecule has 0 saturated heterocycles. The Morgan fingerprint density at radius 1 is 0.215 bits per heavy atom. The van der Waals surface area contributed by atoms with Crippen molar-refractivity contribution >= 4 is 167 Å². The van der Waals surface area contributed by atoms with E-state index in [0.717, 1.165) is 211 Å². The van der Waals surface area contributed by atoms with Gasteiger partial charge in [-0.25, -0.2) is 0 Å². The molecule has 2 aliphatic heterocycles. The van der Waals surface area contributed by atoms with Gasteiger partial charge in [-0.05, 0) is 249 Å². The van der Waals surface area contributed by atoms with Gasteiger partial charge in [0.2, 0.25) is 0 Å². The largest absolute Gasteiger partial charge is 0.456 e. The van der Waals surface area contributed by atoms with E-state index in [4.69, 9.17) is 17.7 Å². The molecule has 0 N–H and O–H groups in total. The number of rotatable bonds is 9. The fourth-order valence-electron chi connectivity index (χ4n) is 21.4. The van der Waals surface area contributed by atoms with Crippen molar-refractivity contribution in [2.24, 2.45) is 0 Å². The summed E-state index contributed by atoms with van der Waals surface area (Å²) >= 11 is 0. The molecule has 0 saturated carbocycles. The lowest BCUT2D eigenvalue weighted by Gasteiger charge is -2.47. The summed E-state index contributed by atoms with van der Waals surface area (Å²) in [5, 5.41) is 10.9. The molecular formula is C122H100BN3O4. The summed E-state index contributed by atoms with van der Waals surface area (Å²) in [6, 6.07) is 126. The van der Waals surface area contributed by atoms with Crippen LogP contribution in [0.15, 0.2) is 351 Å². The van der Waals surface area contributed by atoms with Crippen LogP contribution < -0.4 is 26.2 Å². The van der Waals surface area contributed by atoms with E-state index >= 15 is 0 Å². The van der Waals surface area contributed by atoms with Crippen LogP contribution in [-0.4, -0.2) is 11.3 Å². The number of hydrogen-bond donors (Lipinski definition) is 0. The highest BCUT2D eigenvalue weighted by Crippen LogP contribution is 2.59. The second kappa shape index (κ2) is 28.5. The van der Waals surface area contributed by atoms with Gasteiger partial charge in [0.25, 0.3) is 6.71 Å². The first-order chi connectivity index (χ1) is 62.6. The molecule has 0 bridgehead atoms. The topological polar surface area (TPSA) is 64.0 Å². The van der Waals surface area contributed by atoms with Crippen LogP contribution in [0.3, 0.4) is 0 Å². The van der Waals surface area contributed by atoms with E-state index in [0.29, 0.717) is 0 Å². The highest BCUT2D eigenvalue weighted by Gasteiger charge is 2.48. The number of nitrogens with zero attached hydrogens (tertiary/aromatic N) is 3. The van der Waals surface area contributed by atoms with E-state index in [1.165, 1.54) is 49.5 Å². The van der Waals surface area contributed by atoms with E-state index < -0.39 is 12.1 Å². The van der Waals surface area contributed by atoms with Gasteiger partial charge in [0.15, 0.2) is 0 Å². The van der Waals surface area contributed by atoms with E-state index in [1.54, 1.807) is 0 Å². The molecule has 2 aliphatic rings. The van der Waals surface area contributed by atoms with Crippen LogP contribution in [0, 0.1) is 0 Å². The molecule has 0 atom stereocenters. The Bertz CT molecular complexity index is 8190. The van der Waals surface area contributed by atoms with Gasteiger partial charge in [0.05, 0.1) is 22.4 Å². The zero-order chi connectivity index (χ0) is 88.7. The third-order valence-electron chi connectivity index (χ3n) is 28.1. The molecule has 0 spiro atoms. The van der Waals surface area contributed by atoms with E-state index in [1.807, 2.05) is 0 Å². The SMILES string of the molecule is CC(C)(C)c1cc(-c2cccc3oc4ccccc4c23)c(N2c3ccc(-c4cccc(-c5ccccc5)c4)cc3B3c4ccc(-n5c6ccc(C(C)(C)C)cc6c6cc(C(C)(C)C)ccc65)cc4N(c4c(-c5cccc6oc7ccccc7c56)cc(C(C)(C)C)cc4-c4cccc5oc6ccccc6c45)c4cc(C(C)(C)C)cc2c43)c(-c2cccc3oc4ccccc4c23)c1. The summed E-state index contributed by atoms with van der Waals surface area (Å²) in [5.41, 5.74) is 37.5. The van der Waals surface area contributed by atoms with Crippen LogP contribution in [0.2, 0.25) is 0 Å². The van der Waals surface area contributed by atoms with Crippen molar-refractivity contribution in [3.8, 4) is 72.4 Å². The summed E-state index contributed by atoms with van der Waals surface area (Å²) in [5.74, 6) is 0. The lowest BCUT2D eigenvalue weighted by molar-refractivity contribution is 0.590. The summed E-state index contributed by atoms with van der Waals surface area (Å²) < 4.78 is 30.9. The van der Waals surface area contributed by atoms with Crippen LogP contribution in [0.5, 0.6) is 0 Å². The Hall–Kier alpha value is -14.6. The van der Waals surface area contributed by atoms with Gasteiger partial charge < -0.3 is 32.0 Å². The smallest absolute Gasteiger partial charge is 0.252 e. The molecule has 0 fully saturated rings. The monoisotopic (exact) mass is 1680 g/mol. The molecule has 7 nitrogen and oxygen atoms in total. The maximum atomic E-state index is 7.11. The summed E-state index contributed by atoms with van der Waals surface area (Å²) in [6.07, 6.45) is 0. The molecule has 5 aromatic heterocycles. The average Bonchev–Trinajstić information content (AvgIpc) is 1.11. The van der Waals surface area contributed by atoms with Crippen molar-refractivity contribution in [1.82, 2.24) is 4.57 Å². The second-order valence-electron chi connectivity index (χ2n) is 41.5. The molecule has 17 aromatic carbocycles. The molecule has 130 heavy (non-hydrogen) atoms. The Kier molecular flexibility index (Phi) is 17.3. The average molecular weight is 1680 g/mol. The zero-order valence-electron chi connectivity index (χ0n) is 76.3. The van der Waals surface area contributed by atoms with Gasteiger partial charge in [-0.2, -0.15) is 0 Å². The Labute approximate surface area is 758 Å². The third-order valence-corrected chi connectivity index (χ3v) is 28.1. The van der Waals surface area contributed by atoms with Crippen LogP contribution in [-0.2, 0) is 27.1 Å². The zero-order valence-corrected chi connectivity index (χ0v) is 76.3. The Balaban J connectivity index is 0.912. The molecule has 7 heterocycles. The first-order valence-corrected chi connectivity index (χ1v) is 45.9.